The molecule has 0 aliphatic carbocycles. The Morgan fingerprint density at radius 2 is 1.71 bits per heavy atom. The smallest absolute Gasteiger partial charge is 0.272 e. The van der Waals surface area contributed by atoms with Crippen molar-refractivity contribution in [3.8, 4) is 0 Å². The number of nitrogens with zero attached hydrogens (tertiary/aromatic N) is 3. The lowest BCUT2D eigenvalue weighted by Gasteiger charge is -2.25. The van der Waals surface area contributed by atoms with Gasteiger partial charge in [-0.05, 0) is 42.5 Å². The minimum Gasteiger partial charge on any atom is -0.333 e. The average molecular weight is 449 g/mol. The summed E-state index contributed by atoms with van der Waals surface area (Å²) in [7, 11) is 3.59. The van der Waals surface area contributed by atoms with Crippen LogP contribution >= 0.6 is 23.8 Å². The van der Waals surface area contributed by atoms with Crippen LogP contribution in [0.25, 0.3) is 0 Å². The van der Waals surface area contributed by atoms with Gasteiger partial charge in [0.05, 0.1) is 11.4 Å². The average Bonchev–Trinajstić information content (AvgIpc) is 2.90. The number of benzodiazepines with no additional fused rings is 1. The minimum absolute atomic E-state index is 0.210. The standard InChI is InChI=1S/C24H21ClN4OS/c1-28(18-11-7-4-8-12-18)24(31)27-22-23(30)29(2)20-14-13-17(25)15-19(20)21(26-22)16-9-5-3-6-10-16/h3-15,22H,1-2H3,(H,27,31). The van der Waals surface area contributed by atoms with Crippen LogP contribution in [0.4, 0.5) is 11.4 Å². The van der Waals surface area contributed by atoms with Crippen molar-refractivity contribution in [3.63, 3.8) is 0 Å². The maximum Gasteiger partial charge on any atom is 0.272 e. The fourth-order valence-electron chi connectivity index (χ4n) is 3.45. The zero-order valence-electron chi connectivity index (χ0n) is 17.1. The molecule has 0 saturated carbocycles. The molecule has 7 heteroatoms. The molecular formula is C24H21ClN4OS. The van der Waals surface area contributed by atoms with E-state index in [9.17, 15) is 4.79 Å². The van der Waals surface area contributed by atoms with Crippen LogP contribution in [-0.4, -0.2) is 37.0 Å². The summed E-state index contributed by atoms with van der Waals surface area (Å²) in [6.07, 6.45) is -0.884. The molecule has 1 aliphatic heterocycles. The van der Waals surface area contributed by atoms with E-state index in [-0.39, 0.29) is 5.91 Å². The first-order valence-electron chi connectivity index (χ1n) is 9.75. The highest BCUT2D eigenvalue weighted by molar-refractivity contribution is 7.80. The molecule has 1 atom stereocenters. The Hall–Kier alpha value is -3.22. The third kappa shape index (κ3) is 4.31. The number of halogens is 1. The second-order valence-electron chi connectivity index (χ2n) is 7.15. The van der Waals surface area contributed by atoms with E-state index in [1.165, 1.54) is 0 Å². The Bertz CT molecular complexity index is 1150. The molecule has 1 N–H and O–H groups in total. The van der Waals surface area contributed by atoms with Gasteiger partial charge in [-0.3, -0.25) is 4.79 Å². The van der Waals surface area contributed by atoms with E-state index < -0.39 is 6.17 Å². The molecule has 5 nitrogen and oxygen atoms in total. The van der Waals surface area contributed by atoms with Crippen LogP contribution in [0.3, 0.4) is 0 Å². The lowest BCUT2D eigenvalue weighted by molar-refractivity contribution is -0.119. The van der Waals surface area contributed by atoms with E-state index in [4.69, 9.17) is 28.8 Å². The van der Waals surface area contributed by atoms with Crippen molar-refractivity contribution >= 4 is 51.9 Å². The normalized spacial score (nSPS) is 15.6. The molecule has 0 fully saturated rings. The number of hydrogen-bond donors (Lipinski definition) is 1. The zero-order valence-corrected chi connectivity index (χ0v) is 18.7. The van der Waals surface area contributed by atoms with Gasteiger partial charge in [0.15, 0.2) is 5.11 Å². The summed E-state index contributed by atoms with van der Waals surface area (Å²) in [5.74, 6) is -0.210. The number of fused-ring (bicyclic) bond motifs is 1. The summed E-state index contributed by atoms with van der Waals surface area (Å²) in [4.78, 5) is 21.5. The van der Waals surface area contributed by atoms with Gasteiger partial charge in [0, 0.05) is 35.9 Å². The Balaban J connectivity index is 1.75. The van der Waals surface area contributed by atoms with Gasteiger partial charge in [0.1, 0.15) is 0 Å². The van der Waals surface area contributed by atoms with Gasteiger partial charge in [0.2, 0.25) is 6.17 Å². The fraction of sp³-hybridized carbons (Fsp3) is 0.125. The summed E-state index contributed by atoms with van der Waals surface area (Å²) >= 11 is 11.9. The van der Waals surface area contributed by atoms with Gasteiger partial charge in [-0.2, -0.15) is 0 Å². The van der Waals surface area contributed by atoms with Crippen molar-refractivity contribution in [2.24, 2.45) is 4.99 Å². The maximum atomic E-state index is 13.3. The number of rotatable bonds is 3. The molecule has 31 heavy (non-hydrogen) atoms. The number of likely N-dealkylation sites (N-methyl/N-ethyl adjacent to an activating group) is 1. The van der Waals surface area contributed by atoms with E-state index in [2.05, 4.69) is 5.32 Å². The van der Waals surface area contributed by atoms with Gasteiger partial charge in [-0.25, -0.2) is 4.99 Å². The SMILES string of the molecule is CN(C(=S)NC1N=C(c2ccccc2)c2cc(Cl)ccc2N(C)C1=O)c1ccccc1. The second-order valence-corrected chi connectivity index (χ2v) is 7.97. The van der Waals surface area contributed by atoms with Gasteiger partial charge in [-0.1, -0.05) is 60.1 Å². The summed E-state index contributed by atoms with van der Waals surface area (Å²) in [6.45, 7) is 0. The first-order valence-corrected chi connectivity index (χ1v) is 10.5. The molecule has 3 aromatic rings. The van der Waals surface area contributed by atoms with E-state index in [0.29, 0.717) is 15.8 Å². The Morgan fingerprint density at radius 3 is 2.39 bits per heavy atom. The first-order chi connectivity index (χ1) is 15.0. The highest BCUT2D eigenvalue weighted by Crippen LogP contribution is 2.30. The molecule has 1 heterocycles. The molecule has 0 aromatic heterocycles. The Kier molecular flexibility index (Phi) is 6.02. The van der Waals surface area contributed by atoms with Gasteiger partial charge in [-0.15, -0.1) is 0 Å². The summed E-state index contributed by atoms with van der Waals surface area (Å²) in [6, 6.07) is 24.9. The number of hydrogen-bond acceptors (Lipinski definition) is 3. The van der Waals surface area contributed by atoms with Crippen molar-refractivity contribution in [3.05, 3.63) is 95.0 Å². The summed E-state index contributed by atoms with van der Waals surface area (Å²) in [5, 5.41) is 4.11. The van der Waals surface area contributed by atoms with Crippen LogP contribution < -0.4 is 15.1 Å². The highest BCUT2D eigenvalue weighted by atomic mass is 35.5. The molecular weight excluding hydrogens is 428 g/mol. The third-order valence-electron chi connectivity index (χ3n) is 5.15. The Labute approximate surface area is 192 Å². The summed E-state index contributed by atoms with van der Waals surface area (Å²) < 4.78 is 0. The van der Waals surface area contributed by atoms with Crippen LogP contribution in [0.15, 0.2) is 83.9 Å². The Morgan fingerprint density at radius 1 is 1.06 bits per heavy atom. The van der Waals surface area contributed by atoms with E-state index in [1.807, 2.05) is 84.7 Å². The molecule has 4 rings (SSSR count). The van der Waals surface area contributed by atoms with E-state index in [1.54, 1.807) is 18.0 Å². The molecule has 1 unspecified atom stereocenters. The number of thiocarbonyl (C=S) groups is 1. The molecule has 0 spiro atoms. The monoisotopic (exact) mass is 448 g/mol. The molecule has 0 saturated heterocycles. The number of para-hydroxylation sites is 1. The summed E-state index contributed by atoms with van der Waals surface area (Å²) in [5.41, 5.74) is 4.02. The first kappa shape index (κ1) is 21.0. The van der Waals surface area contributed by atoms with E-state index in [0.717, 1.165) is 22.5 Å². The molecule has 1 aliphatic rings. The molecule has 1 amide bonds. The largest absolute Gasteiger partial charge is 0.333 e. The topological polar surface area (TPSA) is 47.9 Å². The van der Waals surface area contributed by atoms with Gasteiger partial charge >= 0.3 is 0 Å². The van der Waals surface area contributed by atoms with Crippen LogP contribution in [0.1, 0.15) is 11.1 Å². The highest BCUT2D eigenvalue weighted by Gasteiger charge is 2.31. The number of benzene rings is 3. The van der Waals surface area contributed by atoms with Crippen molar-refractivity contribution in [1.82, 2.24) is 5.32 Å². The van der Waals surface area contributed by atoms with Crippen molar-refractivity contribution in [2.45, 2.75) is 6.17 Å². The number of amides is 1. The van der Waals surface area contributed by atoms with Gasteiger partial charge < -0.3 is 15.1 Å². The van der Waals surface area contributed by atoms with E-state index >= 15 is 0 Å². The van der Waals surface area contributed by atoms with Crippen molar-refractivity contribution < 1.29 is 4.79 Å². The van der Waals surface area contributed by atoms with Crippen LogP contribution in [0, 0.1) is 0 Å². The number of nitrogens with one attached hydrogen (secondary N) is 1. The lowest BCUT2D eigenvalue weighted by atomic mass is 10.0. The number of anilines is 2. The van der Waals surface area contributed by atoms with Crippen molar-refractivity contribution in [1.29, 1.82) is 0 Å². The number of aliphatic imine (C=N–C) groups is 1. The van der Waals surface area contributed by atoms with Crippen molar-refractivity contribution in [2.75, 3.05) is 23.9 Å². The number of carbonyl (C=O) groups excluding carboxylic acids is 1. The third-order valence-corrected chi connectivity index (χ3v) is 5.78. The van der Waals surface area contributed by atoms with Crippen LogP contribution in [0.2, 0.25) is 5.02 Å². The molecule has 156 valence electrons. The maximum absolute atomic E-state index is 13.3. The fourth-order valence-corrected chi connectivity index (χ4v) is 3.84. The zero-order chi connectivity index (χ0) is 22.0. The molecule has 0 radical (unpaired) electrons. The predicted octanol–water partition coefficient (Wildman–Crippen LogP) is 4.49. The molecule has 0 bridgehead atoms. The van der Waals surface area contributed by atoms with Gasteiger partial charge in [0.25, 0.3) is 5.91 Å². The minimum atomic E-state index is -0.884. The quantitative estimate of drug-likeness (QED) is 0.600. The van der Waals surface area contributed by atoms with Crippen LogP contribution in [0.5, 0.6) is 0 Å². The second kappa shape index (κ2) is 8.88. The molecule has 3 aromatic carbocycles. The lowest BCUT2D eigenvalue weighted by Crippen LogP contribution is -2.49. The number of carbonyl (C=O) groups is 1. The predicted molar refractivity (Wildman–Crippen MR) is 131 cm³/mol. The van der Waals surface area contributed by atoms with Crippen LogP contribution in [-0.2, 0) is 4.79 Å².